The van der Waals surface area contributed by atoms with Gasteiger partial charge < -0.3 is 19.8 Å². The Balaban J connectivity index is 1.71. The van der Waals surface area contributed by atoms with Gasteiger partial charge in [0.15, 0.2) is 11.5 Å². The number of hydrogen-bond donors (Lipinski definition) is 2. The van der Waals surface area contributed by atoms with Crippen LogP contribution < -0.4 is 14.8 Å². The van der Waals surface area contributed by atoms with Crippen LogP contribution >= 0.6 is 0 Å². The van der Waals surface area contributed by atoms with Crippen LogP contribution in [-0.2, 0) is 11.2 Å². The predicted octanol–water partition coefficient (Wildman–Crippen LogP) is 6.15. The molecule has 0 bridgehead atoms. The highest BCUT2D eigenvalue weighted by atomic mass is 16.5. The summed E-state index contributed by atoms with van der Waals surface area (Å²) in [4.78, 5) is 16.7. The molecule has 0 spiro atoms. The van der Waals surface area contributed by atoms with Gasteiger partial charge in [-0.05, 0) is 47.7 Å². The van der Waals surface area contributed by atoms with Crippen LogP contribution in [0, 0.1) is 0 Å². The summed E-state index contributed by atoms with van der Waals surface area (Å²) < 4.78 is 11.0. The Bertz CT molecular complexity index is 1260. The lowest BCUT2D eigenvalue weighted by atomic mass is 9.87. The Kier molecular flexibility index (Phi) is 7.21. The predicted molar refractivity (Wildman–Crippen MR) is 137 cm³/mol. The lowest BCUT2D eigenvalue weighted by molar-refractivity contribution is -0.121. The molecule has 0 saturated heterocycles. The second-order valence-electron chi connectivity index (χ2n) is 8.51. The van der Waals surface area contributed by atoms with Crippen molar-refractivity contribution in [2.45, 2.75) is 38.6 Å². The van der Waals surface area contributed by atoms with Gasteiger partial charge in [-0.25, -0.2) is 0 Å². The van der Waals surface area contributed by atoms with E-state index in [2.05, 4.69) is 35.4 Å². The van der Waals surface area contributed by atoms with E-state index < -0.39 is 0 Å². The summed E-state index contributed by atoms with van der Waals surface area (Å²) in [5, 5.41) is 4.32. The number of aromatic nitrogens is 1. The van der Waals surface area contributed by atoms with Gasteiger partial charge in [0.05, 0.1) is 20.3 Å². The molecule has 0 aliphatic rings. The number of H-pyrrole nitrogens is 1. The fourth-order valence-electron chi connectivity index (χ4n) is 4.61. The summed E-state index contributed by atoms with van der Waals surface area (Å²) in [7, 11) is 3.25. The van der Waals surface area contributed by atoms with Crippen LogP contribution in [0.1, 0.15) is 54.5 Å². The Morgan fingerprint density at radius 3 is 2.41 bits per heavy atom. The number of rotatable bonds is 9. The zero-order valence-electron chi connectivity index (χ0n) is 20.2. The highest BCUT2D eigenvalue weighted by Crippen LogP contribution is 2.38. The Hall–Kier alpha value is -3.73. The summed E-state index contributed by atoms with van der Waals surface area (Å²) in [5.41, 5.74) is 5.57. The van der Waals surface area contributed by atoms with Gasteiger partial charge in [-0.1, -0.05) is 61.5 Å². The summed E-state index contributed by atoms with van der Waals surface area (Å²) >= 11 is 0. The normalized spacial score (nSPS) is 12.8. The molecular formula is C29H32N2O3. The van der Waals surface area contributed by atoms with Crippen LogP contribution in [0.2, 0.25) is 0 Å². The van der Waals surface area contributed by atoms with Gasteiger partial charge >= 0.3 is 0 Å². The number of aryl methyl sites for hydroxylation is 1. The van der Waals surface area contributed by atoms with E-state index in [0.717, 1.165) is 34.0 Å². The standard InChI is InChI=1S/C29H32N2O3/c1-5-20-12-9-13-23-25(18-30-29(20)23)24(22-14-15-26(33-3)27(16-22)34-4)17-28(32)31-19(2)21-10-7-6-8-11-21/h6-16,18-19,24,30H,5,17H2,1-4H3,(H,31,32)/t19-,24-/m1/s1. The number of hydrogen-bond acceptors (Lipinski definition) is 3. The number of para-hydroxylation sites is 1. The molecule has 1 aromatic heterocycles. The number of carbonyl (C=O) groups excluding carboxylic acids is 1. The third-order valence-electron chi connectivity index (χ3n) is 6.47. The van der Waals surface area contributed by atoms with Crippen molar-refractivity contribution < 1.29 is 14.3 Å². The molecule has 4 aromatic rings. The molecule has 1 heterocycles. The van der Waals surface area contributed by atoms with Gasteiger partial charge in [-0.2, -0.15) is 0 Å². The van der Waals surface area contributed by atoms with Crippen LogP contribution in [0.25, 0.3) is 10.9 Å². The van der Waals surface area contributed by atoms with Crippen LogP contribution in [0.15, 0.2) is 72.9 Å². The number of amides is 1. The molecule has 1 amide bonds. The molecule has 4 rings (SSSR count). The van der Waals surface area contributed by atoms with Gasteiger partial charge in [0.1, 0.15) is 0 Å². The molecule has 5 heteroatoms. The lowest BCUT2D eigenvalue weighted by Crippen LogP contribution is -2.28. The largest absolute Gasteiger partial charge is 0.493 e. The number of methoxy groups -OCH3 is 2. The van der Waals surface area contributed by atoms with E-state index in [4.69, 9.17) is 9.47 Å². The van der Waals surface area contributed by atoms with E-state index in [0.29, 0.717) is 17.9 Å². The Labute approximate surface area is 201 Å². The van der Waals surface area contributed by atoms with E-state index in [1.54, 1.807) is 14.2 Å². The van der Waals surface area contributed by atoms with Gasteiger partial charge in [0.25, 0.3) is 0 Å². The van der Waals surface area contributed by atoms with E-state index in [-0.39, 0.29) is 17.9 Å². The van der Waals surface area contributed by atoms with Gasteiger partial charge in [-0.15, -0.1) is 0 Å². The van der Waals surface area contributed by atoms with Crippen LogP contribution in [0.3, 0.4) is 0 Å². The molecule has 0 fully saturated rings. The van der Waals surface area contributed by atoms with E-state index in [1.807, 2.05) is 61.7 Å². The number of carbonyl (C=O) groups is 1. The number of nitrogens with one attached hydrogen (secondary N) is 2. The molecule has 3 aromatic carbocycles. The first-order chi connectivity index (χ1) is 16.5. The fraction of sp³-hybridized carbons (Fsp3) is 0.276. The Morgan fingerprint density at radius 1 is 0.941 bits per heavy atom. The first-order valence-corrected chi connectivity index (χ1v) is 11.7. The third kappa shape index (κ3) is 4.79. The van der Waals surface area contributed by atoms with Crippen molar-refractivity contribution in [1.29, 1.82) is 0 Å². The second kappa shape index (κ2) is 10.5. The van der Waals surface area contributed by atoms with E-state index >= 15 is 0 Å². The average Bonchev–Trinajstić information content (AvgIpc) is 3.31. The summed E-state index contributed by atoms with van der Waals surface area (Å²) in [5.74, 6) is 1.16. The maximum Gasteiger partial charge on any atom is 0.221 e. The zero-order chi connectivity index (χ0) is 24.1. The van der Waals surface area contributed by atoms with Gasteiger partial charge in [0.2, 0.25) is 5.91 Å². The van der Waals surface area contributed by atoms with E-state index in [9.17, 15) is 4.79 Å². The molecule has 34 heavy (non-hydrogen) atoms. The maximum absolute atomic E-state index is 13.3. The molecule has 0 aliphatic heterocycles. The summed E-state index contributed by atoms with van der Waals surface area (Å²) in [6.07, 6.45) is 3.29. The highest BCUT2D eigenvalue weighted by Gasteiger charge is 2.24. The van der Waals surface area contributed by atoms with Crippen molar-refractivity contribution in [3.8, 4) is 11.5 Å². The fourth-order valence-corrected chi connectivity index (χ4v) is 4.61. The molecule has 5 nitrogen and oxygen atoms in total. The maximum atomic E-state index is 13.3. The van der Waals surface area contributed by atoms with Crippen LogP contribution in [-0.4, -0.2) is 25.1 Å². The van der Waals surface area contributed by atoms with Gasteiger partial charge in [0, 0.05) is 29.4 Å². The number of ether oxygens (including phenoxy) is 2. The smallest absolute Gasteiger partial charge is 0.221 e. The minimum atomic E-state index is -0.149. The summed E-state index contributed by atoms with van der Waals surface area (Å²) in [6, 6.07) is 22.2. The summed E-state index contributed by atoms with van der Waals surface area (Å²) in [6.45, 7) is 4.16. The molecule has 2 atom stereocenters. The highest BCUT2D eigenvalue weighted by molar-refractivity contribution is 5.88. The van der Waals surface area contributed by atoms with E-state index in [1.165, 1.54) is 5.56 Å². The van der Waals surface area contributed by atoms with Crippen molar-refractivity contribution in [3.05, 3.63) is 95.2 Å². The van der Waals surface area contributed by atoms with Gasteiger partial charge in [-0.3, -0.25) is 4.79 Å². The first-order valence-electron chi connectivity index (χ1n) is 11.7. The minimum absolute atomic E-state index is 0.00265. The van der Waals surface area contributed by atoms with Crippen molar-refractivity contribution in [2.75, 3.05) is 14.2 Å². The molecule has 2 N–H and O–H groups in total. The lowest BCUT2D eigenvalue weighted by Gasteiger charge is -2.21. The number of aromatic amines is 1. The Morgan fingerprint density at radius 2 is 1.71 bits per heavy atom. The molecule has 0 saturated carbocycles. The van der Waals surface area contributed by atoms with Crippen LogP contribution in [0.4, 0.5) is 0 Å². The topological polar surface area (TPSA) is 63.4 Å². The number of benzene rings is 3. The second-order valence-corrected chi connectivity index (χ2v) is 8.51. The number of fused-ring (bicyclic) bond motifs is 1. The zero-order valence-corrected chi connectivity index (χ0v) is 20.2. The van der Waals surface area contributed by atoms with Crippen molar-refractivity contribution in [1.82, 2.24) is 10.3 Å². The van der Waals surface area contributed by atoms with Crippen molar-refractivity contribution >= 4 is 16.8 Å². The molecular weight excluding hydrogens is 424 g/mol. The van der Waals surface area contributed by atoms with Crippen LogP contribution in [0.5, 0.6) is 11.5 Å². The van der Waals surface area contributed by atoms with Crippen molar-refractivity contribution in [2.24, 2.45) is 0 Å². The molecule has 0 aliphatic carbocycles. The molecule has 0 unspecified atom stereocenters. The van der Waals surface area contributed by atoms with Crippen molar-refractivity contribution in [3.63, 3.8) is 0 Å². The minimum Gasteiger partial charge on any atom is -0.493 e. The molecule has 0 radical (unpaired) electrons. The average molecular weight is 457 g/mol. The molecule has 176 valence electrons. The quantitative estimate of drug-likeness (QED) is 0.318. The third-order valence-corrected chi connectivity index (χ3v) is 6.47. The monoisotopic (exact) mass is 456 g/mol. The SMILES string of the molecule is CCc1cccc2c([C@H](CC(=O)N[C@H](C)c3ccccc3)c3ccc(OC)c(OC)c3)c[nH]c12. The first kappa shape index (κ1) is 23.4.